The van der Waals surface area contributed by atoms with Gasteiger partial charge in [-0.1, -0.05) is 209 Å². The minimum atomic E-state index is -2.09. The third-order valence-corrected chi connectivity index (χ3v) is 26.0. The number of hydrogen-bond donors (Lipinski definition) is 0. The first-order chi connectivity index (χ1) is 19.9. The maximum atomic E-state index is 2.80. The van der Waals surface area contributed by atoms with Gasteiger partial charge in [0.1, 0.15) is 16.1 Å². The monoisotopic (exact) mass is 684 g/mol. The van der Waals surface area contributed by atoms with E-state index in [1.54, 1.807) is 41.9 Å². The lowest BCUT2D eigenvalue weighted by Crippen LogP contribution is -2.76. The van der Waals surface area contributed by atoms with Gasteiger partial charge in [0.25, 0.3) is 0 Å². The van der Waals surface area contributed by atoms with Gasteiger partial charge in [0.05, 0.1) is 32.3 Å². The molecule has 6 heteroatoms. The molecule has 4 rings (SSSR count). The molecule has 0 amide bonds. The Morgan fingerprint density at radius 1 is 0.318 bits per heavy atom. The Morgan fingerprint density at radius 3 is 0.818 bits per heavy atom. The van der Waals surface area contributed by atoms with Crippen LogP contribution in [0.5, 0.6) is 0 Å². The summed E-state index contributed by atoms with van der Waals surface area (Å²) in [6.07, 6.45) is 0. The van der Waals surface area contributed by atoms with Crippen LogP contribution in [0.1, 0.15) is 0 Å². The smallest absolute Gasteiger partial charge is 0.0656 e. The average Bonchev–Trinajstić information content (AvgIpc) is 2.89. The minimum absolute atomic E-state index is 1.57. The molecule has 0 nitrogen and oxygen atoms in total. The molecule has 0 atom stereocenters. The summed E-state index contributed by atoms with van der Waals surface area (Å²) in [4.78, 5) is 0. The zero-order valence-corrected chi connectivity index (χ0v) is 36.9. The highest BCUT2D eigenvalue weighted by Gasteiger charge is 2.44. The Morgan fingerprint density at radius 2 is 0.591 bits per heavy atom. The highest BCUT2D eigenvalue weighted by atomic mass is 28.3. The summed E-state index contributed by atoms with van der Waals surface area (Å²) in [5.41, 5.74) is 0. The summed E-state index contributed by atoms with van der Waals surface area (Å²) in [5.74, 6) is 0. The van der Waals surface area contributed by atoms with Crippen molar-refractivity contribution in [2.45, 2.75) is 105 Å². The van der Waals surface area contributed by atoms with Crippen LogP contribution in [0, 0.1) is 0 Å². The summed E-state index contributed by atoms with van der Waals surface area (Å²) in [5, 5.41) is 17.0. The van der Waals surface area contributed by atoms with Crippen LogP contribution in [0.15, 0.2) is 72.8 Å². The van der Waals surface area contributed by atoms with Crippen molar-refractivity contribution in [2.24, 2.45) is 0 Å². The van der Waals surface area contributed by atoms with E-state index in [9.17, 15) is 0 Å². The maximum absolute atomic E-state index is 2.80. The van der Waals surface area contributed by atoms with E-state index in [4.69, 9.17) is 0 Å². The molecule has 0 aliphatic carbocycles. The molecule has 0 heterocycles. The molecule has 0 fully saturated rings. The Labute approximate surface area is 276 Å². The predicted octanol–water partition coefficient (Wildman–Crippen LogP) is 6.67. The number of rotatable bonds is 8. The first kappa shape index (κ1) is 35.3. The largest absolute Gasteiger partial charge is 0.112 e. The SMILES string of the molecule is C[Si](C)(C)c1cc2c([Si](C)(C)c3ccccc3)c([Si](C)(C)C)c([Si](C)(C)C)c([Si](C)(C)c3ccccc3)c2cc1[Si](C)(C)C. The average molecular weight is 685 g/mol. The quantitative estimate of drug-likeness (QED) is 0.182. The highest BCUT2D eigenvalue weighted by molar-refractivity contribution is 7.13. The minimum Gasteiger partial charge on any atom is -0.0656 e. The fraction of sp³-hybridized carbons (Fsp3) is 0.421. The topological polar surface area (TPSA) is 0 Å². The van der Waals surface area contributed by atoms with Crippen molar-refractivity contribution in [1.82, 2.24) is 0 Å². The maximum Gasteiger partial charge on any atom is 0.112 e. The van der Waals surface area contributed by atoms with E-state index in [0.717, 1.165) is 0 Å². The van der Waals surface area contributed by atoms with Crippen molar-refractivity contribution in [3.63, 3.8) is 0 Å². The molecule has 0 saturated heterocycles. The van der Waals surface area contributed by atoms with Crippen LogP contribution < -0.4 is 41.5 Å². The van der Waals surface area contributed by atoms with E-state index in [1.807, 2.05) is 10.4 Å². The highest BCUT2D eigenvalue weighted by Crippen LogP contribution is 2.23. The lowest BCUT2D eigenvalue weighted by molar-refractivity contribution is 1.66. The second-order valence-corrected chi connectivity index (χ2v) is 47.2. The number of fused-ring (bicyclic) bond motifs is 1. The van der Waals surface area contributed by atoms with Crippen molar-refractivity contribution in [3.05, 3.63) is 72.8 Å². The van der Waals surface area contributed by atoms with Gasteiger partial charge in [-0.15, -0.1) is 0 Å². The van der Waals surface area contributed by atoms with Gasteiger partial charge in [0.2, 0.25) is 0 Å². The Kier molecular flexibility index (Phi) is 9.31. The van der Waals surface area contributed by atoms with Crippen LogP contribution >= 0.6 is 0 Å². The van der Waals surface area contributed by atoms with E-state index in [1.165, 1.54) is 0 Å². The van der Waals surface area contributed by atoms with Crippen LogP contribution in [-0.4, -0.2) is 48.4 Å². The third-order valence-electron chi connectivity index (χ3n) is 9.80. The first-order valence-electron chi connectivity index (χ1n) is 16.7. The van der Waals surface area contributed by atoms with Crippen LogP contribution in [0.4, 0.5) is 0 Å². The van der Waals surface area contributed by atoms with Gasteiger partial charge in [0, 0.05) is 0 Å². The van der Waals surface area contributed by atoms with Gasteiger partial charge >= 0.3 is 0 Å². The molecule has 0 unspecified atom stereocenters. The van der Waals surface area contributed by atoms with Gasteiger partial charge in [-0.2, -0.15) is 0 Å². The van der Waals surface area contributed by atoms with Gasteiger partial charge in [-0.05, 0) is 21.1 Å². The molecule has 0 saturated carbocycles. The first-order valence-corrected chi connectivity index (χ1v) is 36.7. The molecule has 0 aliphatic heterocycles. The van der Waals surface area contributed by atoms with Gasteiger partial charge in [-0.3, -0.25) is 0 Å². The van der Waals surface area contributed by atoms with E-state index in [2.05, 4.69) is 178 Å². The molecular formula is C38H60Si6. The molecule has 236 valence electrons. The van der Waals surface area contributed by atoms with Crippen LogP contribution in [0.2, 0.25) is 105 Å². The summed E-state index contributed by atoms with van der Waals surface area (Å²) < 4.78 is 0. The number of hydrogen-bond acceptors (Lipinski definition) is 0. The van der Waals surface area contributed by atoms with Crippen molar-refractivity contribution in [3.8, 4) is 0 Å². The normalized spacial score (nSPS) is 13.9. The van der Waals surface area contributed by atoms with Gasteiger partial charge in [-0.25, -0.2) is 0 Å². The van der Waals surface area contributed by atoms with E-state index < -0.39 is 48.4 Å². The molecule has 4 aromatic rings. The molecule has 4 aromatic carbocycles. The van der Waals surface area contributed by atoms with Crippen molar-refractivity contribution in [1.29, 1.82) is 0 Å². The molecule has 0 bridgehead atoms. The summed E-state index contributed by atoms with van der Waals surface area (Å²) in [7, 11) is -11.0. The predicted molar refractivity (Wildman–Crippen MR) is 222 cm³/mol. The van der Waals surface area contributed by atoms with Crippen LogP contribution in [-0.2, 0) is 0 Å². The Balaban J connectivity index is 2.48. The zero-order valence-electron chi connectivity index (χ0n) is 30.9. The zero-order chi connectivity index (χ0) is 33.3. The summed E-state index contributed by atoms with van der Waals surface area (Å²) in [6, 6.07) is 28.8. The Hall–Kier alpha value is -1.56. The van der Waals surface area contributed by atoms with E-state index in [0.29, 0.717) is 0 Å². The molecule has 44 heavy (non-hydrogen) atoms. The lowest BCUT2D eigenvalue weighted by atomic mass is 10.1. The van der Waals surface area contributed by atoms with E-state index >= 15 is 0 Å². The van der Waals surface area contributed by atoms with Gasteiger partial charge < -0.3 is 0 Å². The molecule has 0 aromatic heterocycles. The summed E-state index contributed by atoms with van der Waals surface area (Å²) >= 11 is 0. The summed E-state index contributed by atoms with van der Waals surface area (Å²) in [6.45, 7) is 42.0. The molecule has 0 radical (unpaired) electrons. The Bertz CT molecular complexity index is 1530. The van der Waals surface area contributed by atoms with Crippen molar-refractivity contribution in [2.75, 3.05) is 0 Å². The molecule has 0 N–H and O–H groups in total. The fourth-order valence-electron chi connectivity index (χ4n) is 7.57. The van der Waals surface area contributed by atoms with Crippen LogP contribution in [0.3, 0.4) is 0 Å². The van der Waals surface area contributed by atoms with Crippen molar-refractivity contribution < 1.29 is 0 Å². The lowest BCUT2D eigenvalue weighted by Gasteiger charge is -2.43. The molecular weight excluding hydrogens is 625 g/mol. The second-order valence-electron chi connectivity index (χ2n) is 18.4. The van der Waals surface area contributed by atoms with Crippen LogP contribution in [0.25, 0.3) is 10.8 Å². The standard InChI is InChI=1S/C38H60Si6/c1-39(2,3)33-27-31-32(28-34(33)40(4,5)6)36(44(15,16)30-25-21-18-22-26-30)38(42(10,11)12)37(41(7,8)9)35(31)43(13,14)29-23-19-17-20-24-29/h17-28H,1-16H3. The molecule has 0 aliphatic rings. The third kappa shape index (κ3) is 6.49. The molecule has 0 spiro atoms. The van der Waals surface area contributed by atoms with Crippen molar-refractivity contribution >= 4 is 101 Å². The second kappa shape index (κ2) is 11.6. The fourth-order valence-corrected chi connectivity index (χ4v) is 28.8. The van der Waals surface area contributed by atoms with Gasteiger partial charge in [0.15, 0.2) is 0 Å². The van der Waals surface area contributed by atoms with E-state index in [-0.39, 0.29) is 0 Å². The number of benzene rings is 4.